The van der Waals surface area contributed by atoms with Gasteiger partial charge in [-0.05, 0) is 60.1 Å². The molecular weight excluding hydrogens is 400 g/mol. The molecule has 5 nitrogen and oxygen atoms in total. The van der Waals surface area contributed by atoms with E-state index in [1.807, 2.05) is 45.0 Å². The van der Waals surface area contributed by atoms with Crippen molar-refractivity contribution >= 4 is 15.8 Å². The van der Waals surface area contributed by atoms with Crippen molar-refractivity contribution < 1.29 is 23.1 Å². The molecule has 30 heavy (non-hydrogen) atoms. The fraction of sp³-hybridized carbons (Fsp3) is 0.458. The molecule has 0 aliphatic carbocycles. The summed E-state index contributed by atoms with van der Waals surface area (Å²) in [6, 6.07) is 14.4. The Balaban J connectivity index is 1.95. The molecule has 2 aromatic rings. The summed E-state index contributed by atoms with van der Waals surface area (Å²) in [6.07, 6.45) is 3.17. The van der Waals surface area contributed by atoms with Crippen LogP contribution in [0.5, 0.6) is 5.75 Å². The van der Waals surface area contributed by atoms with Crippen LogP contribution in [0.25, 0.3) is 0 Å². The molecule has 2 rings (SSSR count). The summed E-state index contributed by atoms with van der Waals surface area (Å²) in [5.41, 5.74) is 2.09. The molecule has 0 saturated heterocycles. The highest BCUT2D eigenvalue weighted by molar-refractivity contribution is 7.92. The predicted octanol–water partition coefficient (Wildman–Crippen LogP) is 5.02. The van der Waals surface area contributed by atoms with Crippen molar-refractivity contribution in [3.05, 3.63) is 59.7 Å². The first-order valence-electron chi connectivity index (χ1n) is 10.3. The van der Waals surface area contributed by atoms with Gasteiger partial charge in [-0.2, -0.15) is 0 Å². The van der Waals surface area contributed by atoms with Crippen LogP contribution in [-0.2, 0) is 26.5 Å². The molecule has 0 bridgehead atoms. The predicted molar refractivity (Wildman–Crippen MR) is 119 cm³/mol. The summed E-state index contributed by atoms with van der Waals surface area (Å²) in [4.78, 5) is 11.8. The lowest BCUT2D eigenvalue weighted by Gasteiger charge is -2.20. The second-order valence-electron chi connectivity index (χ2n) is 8.59. The van der Waals surface area contributed by atoms with E-state index in [-0.39, 0.29) is 16.7 Å². The molecule has 0 aliphatic rings. The second kappa shape index (κ2) is 10.1. The Morgan fingerprint density at radius 2 is 1.57 bits per heavy atom. The first kappa shape index (κ1) is 23.9. The number of methoxy groups -OCH3 is 1. The number of sulfone groups is 1. The lowest BCUT2D eigenvalue weighted by Crippen LogP contribution is -2.30. The van der Waals surface area contributed by atoms with Crippen LogP contribution in [0.15, 0.2) is 53.4 Å². The zero-order chi connectivity index (χ0) is 22.4. The largest absolute Gasteiger partial charge is 0.497 e. The Bertz CT molecular complexity index is 923. The SMILES string of the molecule is COc1ccc(CCCCCC(C(=O)O)S(=O)(=O)c2ccc(C(C)(C)C)cc2)cc1. The molecule has 0 spiro atoms. The third-order valence-corrected chi connectivity index (χ3v) is 7.41. The zero-order valence-electron chi connectivity index (χ0n) is 18.2. The summed E-state index contributed by atoms with van der Waals surface area (Å²) >= 11 is 0. The summed E-state index contributed by atoms with van der Waals surface area (Å²) in [6.45, 7) is 6.13. The highest BCUT2D eigenvalue weighted by atomic mass is 32.2. The maximum Gasteiger partial charge on any atom is 0.322 e. The molecule has 2 aromatic carbocycles. The number of aryl methyl sites for hydroxylation is 1. The Morgan fingerprint density at radius 1 is 0.967 bits per heavy atom. The third-order valence-electron chi connectivity index (χ3n) is 5.29. The van der Waals surface area contributed by atoms with Crippen LogP contribution >= 0.6 is 0 Å². The third kappa shape index (κ3) is 6.33. The Morgan fingerprint density at radius 3 is 2.07 bits per heavy atom. The standard InChI is InChI=1S/C24H32O5S/c1-24(2,3)19-12-16-21(17-13-19)30(27,28)22(23(25)26)9-7-5-6-8-18-10-14-20(29-4)15-11-18/h10-17,22H,5-9H2,1-4H3,(H,25,26). The van der Waals surface area contributed by atoms with E-state index in [0.29, 0.717) is 6.42 Å². The number of carboxylic acid groups (broad SMARTS) is 1. The van der Waals surface area contributed by atoms with Gasteiger partial charge < -0.3 is 9.84 Å². The van der Waals surface area contributed by atoms with E-state index in [1.165, 1.54) is 17.7 Å². The van der Waals surface area contributed by atoms with E-state index < -0.39 is 21.1 Å². The number of aliphatic carboxylic acids is 1. The number of hydrogen-bond acceptors (Lipinski definition) is 4. The number of carboxylic acids is 1. The van der Waals surface area contributed by atoms with Crippen molar-refractivity contribution in [1.29, 1.82) is 0 Å². The minimum absolute atomic E-state index is 0.0705. The van der Waals surface area contributed by atoms with Crippen LogP contribution in [-0.4, -0.2) is 31.9 Å². The summed E-state index contributed by atoms with van der Waals surface area (Å²) in [5.74, 6) is -0.478. The smallest absolute Gasteiger partial charge is 0.322 e. The number of carbonyl (C=O) groups is 1. The van der Waals surface area contributed by atoms with E-state index in [0.717, 1.165) is 30.6 Å². The molecular formula is C24H32O5S. The van der Waals surface area contributed by atoms with Crippen LogP contribution < -0.4 is 4.74 Å². The monoisotopic (exact) mass is 432 g/mol. The van der Waals surface area contributed by atoms with Crippen molar-refractivity contribution in [2.75, 3.05) is 7.11 Å². The first-order valence-corrected chi connectivity index (χ1v) is 11.8. The van der Waals surface area contributed by atoms with Gasteiger partial charge in [0, 0.05) is 0 Å². The van der Waals surface area contributed by atoms with Gasteiger partial charge in [-0.1, -0.05) is 57.9 Å². The van der Waals surface area contributed by atoms with E-state index in [4.69, 9.17) is 4.74 Å². The van der Waals surface area contributed by atoms with Gasteiger partial charge in [0.2, 0.25) is 0 Å². The van der Waals surface area contributed by atoms with Crippen molar-refractivity contribution in [2.24, 2.45) is 0 Å². The maximum atomic E-state index is 12.9. The molecule has 0 radical (unpaired) electrons. The number of unbranched alkanes of at least 4 members (excludes halogenated alkanes) is 2. The lowest BCUT2D eigenvalue weighted by atomic mass is 9.87. The molecule has 1 unspecified atom stereocenters. The molecule has 0 amide bonds. The van der Waals surface area contributed by atoms with Crippen LogP contribution in [0.3, 0.4) is 0 Å². The van der Waals surface area contributed by atoms with E-state index in [2.05, 4.69) is 0 Å². The minimum Gasteiger partial charge on any atom is -0.497 e. The maximum absolute atomic E-state index is 12.9. The molecule has 0 heterocycles. The lowest BCUT2D eigenvalue weighted by molar-refractivity contribution is -0.136. The molecule has 0 aliphatic heterocycles. The number of hydrogen-bond donors (Lipinski definition) is 1. The highest BCUT2D eigenvalue weighted by Crippen LogP contribution is 2.26. The highest BCUT2D eigenvalue weighted by Gasteiger charge is 2.33. The van der Waals surface area contributed by atoms with Crippen molar-refractivity contribution in [3.63, 3.8) is 0 Å². The van der Waals surface area contributed by atoms with Gasteiger partial charge in [-0.3, -0.25) is 4.79 Å². The van der Waals surface area contributed by atoms with Crippen molar-refractivity contribution in [1.82, 2.24) is 0 Å². The van der Waals surface area contributed by atoms with Crippen molar-refractivity contribution in [2.45, 2.75) is 68.4 Å². The van der Waals surface area contributed by atoms with Crippen molar-refractivity contribution in [3.8, 4) is 5.75 Å². The molecule has 0 saturated carbocycles. The van der Waals surface area contributed by atoms with Gasteiger partial charge in [0.1, 0.15) is 5.75 Å². The van der Waals surface area contributed by atoms with Gasteiger partial charge >= 0.3 is 5.97 Å². The molecule has 1 atom stereocenters. The van der Waals surface area contributed by atoms with Crippen LogP contribution in [0.1, 0.15) is 57.6 Å². The number of benzene rings is 2. The Labute approximate surface area is 180 Å². The molecule has 6 heteroatoms. The second-order valence-corrected chi connectivity index (χ2v) is 10.7. The van der Waals surface area contributed by atoms with Gasteiger partial charge in [0.05, 0.1) is 12.0 Å². The average molecular weight is 433 g/mol. The van der Waals surface area contributed by atoms with Crippen LogP contribution in [0, 0.1) is 0 Å². The average Bonchev–Trinajstić information content (AvgIpc) is 2.70. The molecule has 164 valence electrons. The fourth-order valence-electron chi connectivity index (χ4n) is 3.35. The van der Waals surface area contributed by atoms with Gasteiger partial charge in [0.25, 0.3) is 0 Å². The quantitative estimate of drug-likeness (QED) is 0.533. The van der Waals surface area contributed by atoms with E-state index in [9.17, 15) is 18.3 Å². The van der Waals surface area contributed by atoms with E-state index >= 15 is 0 Å². The minimum atomic E-state index is -3.92. The fourth-order valence-corrected chi connectivity index (χ4v) is 4.93. The van der Waals surface area contributed by atoms with Gasteiger partial charge in [-0.25, -0.2) is 8.42 Å². The zero-order valence-corrected chi connectivity index (χ0v) is 19.0. The first-order chi connectivity index (χ1) is 14.1. The normalized spacial score (nSPS) is 13.1. The summed E-state index contributed by atoms with van der Waals surface area (Å²) < 4.78 is 30.9. The van der Waals surface area contributed by atoms with Crippen LogP contribution in [0.2, 0.25) is 0 Å². The summed E-state index contributed by atoms with van der Waals surface area (Å²) in [5, 5.41) is 8.13. The van der Waals surface area contributed by atoms with E-state index in [1.54, 1.807) is 19.2 Å². The van der Waals surface area contributed by atoms with Crippen LogP contribution in [0.4, 0.5) is 0 Å². The molecule has 1 N–H and O–H groups in total. The molecule has 0 aromatic heterocycles. The Kier molecular flexibility index (Phi) is 8.07. The summed E-state index contributed by atoms with van der Waals surface area (Å²) in [7, 11) is -2.30. The number of ether oxygens (including phenoxy) is 1. The Hall–Kier alpha value is -2.34. The number of rotatable bonds is 10. The van der Waals surface area contributed by atoms with Gasteiger partial charge in [0.15, 0.2) is 15.1 Å². The topological polar surface area (TPSA) is 80.7 Å². The van der Waals surface area contributed by atoms with Gasteiger partial charge in [-0.15, -0.1) is 0 Å². The molecule has 0 fully saturated rings.